The van der Waals surface area contributed by atoms with E-state index >= 15 is 0 Å². The molecule has 0 aliphatic carbocycles. The molecule has 0 radical (unpaired) electrons. The normalized spacial score (nSPS) is 12.7. The summed E-state index contributed by atoms with van der Waals surface area (Å²) >= 11 is 0. The SMILES string of the molecule is C.CCCC(C)NC(=O)NC(C)CCCCC(=O)Cc1cn(CC[18F])nn1. The van der Waals surface area contributed by atoms with Crippen LogP contribution in [0.3, 0.4) is 0 Å². The minimum absolute atomic E-state index is 0. The molecule has 0 aromatic carbocycles. The number of carbonyl (C=O) groups excluding carboxylic acids is 2. The molecule has 2 amide bonds. The summed E-state index contributed by atoms with van der Waals surface area (Å²) in [5.41, 5.74) is 0.580. The zero-order valence-electron chi connectivity index (χ0n) is 16.1. The van der Waals surface area contributed by atoms with Gasteiger partial charge >= 0.3 is 6.03 Å². The number of amides is 2. The van der Waals surface area contributed by atoms with Gasteiger partial charge in [0.1, 0.15) is 12.5 Å². The molecule has 0 spiro atoms. The van der Waals surface area contributed by atoms with E-state index < -0.39 is 6.67 Å². The van der Waals surface area contributed by atoms with E-state index in [1.54, 1.807) is 6.20 Å². The molecular weight excluding hydrogens is 348 g/mol. The topological polar surface area (TPSA) is 88.9 Å². The number of aryl methyl sites for hydroxylation is 1. The number of unbranched alkanes of at least 4 members (excludes halogenated alkanes) is 1. The summed E-state index contributed by atoms with van der Waals surface area (Å²) < 4.78 is 13.6. The van der Waals surface area contributed by atoms with Crippen molar-refractivity contribution in [3.05, 3.63) is 11.9 Å². The lowest BCUT2D eigenvalue weighted by molar-refractivity contribution is -0.118. The van der Waals surface area contributed by atoms with Gasteiger partial charge in [0.05, 0.1) is 18.7 Å². The number of carbonyl (C=O) groups is 2. The molecule has 27 heavy (non-hydrogen) atoms. The molecule has 2 N–H and O–H groups in total. The van der Waals surface area contributed by atoms with Crippen LogP contribution in [0.2, 0.25) is 0 Å². The summed E-state index contributed by atoms with van der Waals surface area (Å²) in [6.07, 6.45) is 6.80. The number of ketones is 1. The molecule has 1 rings (SSSR count). The third-order valence-electron chi connectivity index (χ3n) is 4.10. The van der Waals surface area contributed by atoms with Gasteiger partial charge in [-0.3, -0.25) is 4.79 Å². The summed E-state index contributed by atoms with van der Waals surface area (Å²) in [5, 5.41) is 13.5. The molecule has 0 saturated carbocycles. The van der Waals surface area contributed by atoms with E-state index in [9.17, 15) is 14.0 Å². The average Bonchev–Trinajstić information content (AvgIpc) is 2.99. The van der Waals surface area contributed by atoms with E-state index in [0.717, 1.165) is 32.1 Å². The lowest BCUT2D eigenvalue weighted by Crippen LogP contribution is -2.44. The van der Waals surface area contributed by atoms with Crippen molar-refractivity contribution < 1.29 is 14.0 Å². The number of nitrogens with zero attached hydrogens (tertiary/aromatic N) is 3. The fraction of sp³-hybridized carbons (Fsp3) is 0.789. The van der Waals surface area contributed by atoms with Crippen molar-refractivity contribution in [2.75, 3.05) is 6.67 Å². The maximum atomic E-state index is 12.2. The highest BCUT2D eigenvalue weighted by Crippen LogP contribution is 2.07. The van der Waals surface area contributed by atoms with Crippen LogP contribution in [0.15, 0.2) is 6.20 Å². The third kappa shape index (κ3) is 11.4. The Morgan fingerprint density at radius 1 is 1.19 bits per heavy atom. The molecule has 2 atom stereocenters. The predicted molar refractivity (Wildman–Crippen MR) is 105 cm³/mol. The molecule has 1 aromatic rings. The molecule has 2 unspecified atom stereocenters. The fourth-order valence-corrected chi connectivity index (χ4v) is 2.75. The largest absolute Gasteiger partial charge is 0.336 e. The monoisotopic (exact) mass is 384 g/mol. The molecule has 0 fully saturated rings. The van der Waals surface area contributed by atoms with Crippen molar-refractivity contribution >= 4 is 11.8 Å². The number of aromatic nitrogens is 3. The van der Waals surface area contributed by atoms with Crippen LogP contribution in [0.25, 0.3) is 0 Å². The summed E-state index contributed by atoms with van der Waals surface area (Å²) in [7, 11) is 0. The van der Waals surface area contributed by atoms with Crippen molar-refractivity contribution in [1.82, 2.24) is 25.6 Å². The quantitative estimate of drug-likeness (QED) is 0.510. The Kier molecular flexibility index (Phi) is 13.1. The van der Waals surface area contributed by atoms with E-state index in [2.05, 4.69) is 27.9 Å². The molecule has 156 valence electrons. The minimum Gasteiger partial charge on any atom is -0.336 e. The highest BCUT2D eigenvalue weighted by Gasteiger charge is 2.11. The molecule has 0 saturated heterocycles. The van der Waals surface area contributed by atoms with Gasteiger partial charge in [0.15, 0.2) is 0 Å². The van der Waals surface area contributed by atoms with Gasteiger partial charge in [-0.15, -0.1) is 5.10 Å². The van der Waals surface area contributed by atoms with Crippen molar-refractivity contribution in [3.63, 3.8) is 0 Å². The predicted octanol–water partition coefficient (Wildman–Crippen LogP) is 3.43. The van der Waals surface area contributed by atoms with Gasteiger partial charge in [0, 0.05) is 24.7 Å². The van der Waals surface area contributed by atoms with E-state index in [-0.39, 0.29) is 44.3 Å². The Balaban J connectivity index is 0.00000676. The second-order valence-electron chi connectivity index (χ2n) is 6.83. The zero-order valence-corrected chi connectivity index (χ0v) is 16.1. The van der Waals surface area contributed by atoms with Crippen molar-refractivity contribution in [2.45, 2.75) is 91.8 Å². The second-order valence-corrected chi connectivity index (χ2v) is 6.83. The maximum absolute atomic E-state index is 12.2. The zero-order chi connectivity index (χ0) is 19.4. The first-order valence-corrected chi connectivity index (χ1v) is 9.48. The lowest BCUT2D eigenvalue weighted by Gasteiger charge is -2.17. The van der Waals surface area contributed by atoms with Crippen LogP contribution in [0, 0.1) is 0 Å². The molecule has 0 aliphatic rings. The minimum atomic E-state index is -0.501. The van der Waals surface area contributed by atoms with E-state index in [1.165, 1.54) is 4.68 Å². The first-order chi connectivity index (χ1) is 12.4. The Labute approximate surface area is 162 Å². The van der Waals surface area contributed by atoms with Crippen LogP contribution in [-0.4, -0.2) is 45.6 Å². The molecular formula is C19H36FN5O2. The first-order valence-electron chi connectivity index (χ1n) is 9.48. The summed E-state index contributed by atoms with van der Waals surface area (Å²) in [6.45, 7) is 5.71. The van der Waals surface area contributed by atoms with Gasteiger partial charge in [0.2, 0.25) is 0 Å². The standard InChI is InChI=1S/C18H32FN5O2.CH4/c1-4-7-14(2)20-18(26)21-15(3)8-5-6-9-17(25)12-16-13-24(11-10-19)23-22-16;/h13-15H,4-12H2,1-3H3,(H2,20,21,26);1H4/i19-1;. The highest BCUT2D eigenvalue weighted by molar-refractivity contribution is 5.80. The number of alkyl halides is 1. The van der Waals surface area contributed by atoms with E-state index in [1.807, 2.05) is 13.8 Å². The van der Waals surface area contributed by atoms with Gasteiger partial charge in [-0.25, -0.2) is 13.9 Å². The van der Waals surface area contributed by atoms with Crippen LogP contribution in [-0.2, 0) is 17.8 Å². The molecule has 8 heteroatoms. The Bertz CT molecular complexity index is 550. The van der Waals surface area contributed by atoms with E-state index in [0.29, 0.717) is 12.1 Å². The highest BCUT2D eigenvalue weighted by atomic mass is 18.2. The van der Waals surface area contributed by atoms with Gasteiger partial charge < -0.3 is 10.6 Å². The summed E-state index contributed by atoms with van der Waals surface area (Å²) in [4.78, 5) is 23.8. The smallest absolute Gasteiger partial charge is 0.315 e. The first kappa shape index (κ1) is 25.0. The Morgan fingerprint density at radius 3 is 2.48 bits per heavy atom. The van der Waals surface area contributed by atoms with Gasteiger partial charge in [0.25, 0.3) is 0 Å². The van der Waals surface area contributed by atoms with Gasteiger partial charge in [-0.05, 0) is 33.1 Å². The molecule has 0 aliphatic heterocycles. The summed E-state index contributed by atoms with van der Waals surface area (Å²) in [6, 6.07) is 0.109. The number of hydrogen-bond acceptors (Lipinski definition) is 4. The third-order valence-corrected chi connectivity index (χ3v) is 4.10. The second kappa shape index (κ2) is 14.1. The number of halogens is 1. The van der Waals surface area contributed by atoms with E-state index in [4.69, 9.17) is 0 Å². The maximum Gasteiger partial charge on any atom is 0.315 e. The van der Waals surface area contributed by atoms with Crippen molar-refractivity contribution in [1.29, 1.82) is 0 Å². The number of Topliss-reactive ketones (excluding diaryl/α,β-unsaturated/α-hetero) is 1. The Hall–Kier alpha value is -1.99. The molecule has 0 bridgehead atoms. The van der Waals surface area contributed by atoms with Crippen LogP contribution >= 0.6 is 0 Å². The molecule has 1 aromatic heterocycles. The van der Waals surface area contributed by atoms with Gasteiger partial charge in [-0.1, -0.05) is 32.4 Å². The average molecular weight is 385 g/mol. The number of urea groups is 1. The molecule has 1 heterocycles. The fourth-order valence-electron chi connectivity index (χ4n) is 2.75. The lowest BCUT2D eigenvalue weighted by atomic mass is 10.1. The van der Waals surface area contributed by atoms with Crippen LogP contribution < -0.4 is 10.6 Å². The van der Waals surface area contributed by atoms with Crippen LogP contribution in [0.5, 0.6) is 0 Å². The Morgan fingerprint density at radius 2 is 1.85 bits per heavy atom. The number of hydrogen-bond donors (Lipinski definition) is 2. The number of rotatable bonds is 13. The van der Waals surface area contributed by atoms with Crippen molar-refractivity contribution in [3.8, 4) is 0 Å². The molecule has 7 nitrogen and oxygen atoms in total. The van der Waals surface area contributed by atoms with Crippen molar-refractivity contribution in [2.24, 2.45) is 0 Å². The van der Waals surface area contributed by atoms with Crippen LogP contribution in [0.1, 0.15) is 72.4 Å². The summed E-state index contributed by atoms with van der Waals surface area (Å²) in [5.74, 6) is 0.101. The number of nitrogens with one attached hydrogen (secondary N) is 2. The van der Waals surface area contributed by atoms with Gasteiger partial charge in [-0.2, -0.15) is 0 Å². The van der Waals surface area contributed by atoms with Crippen LogP contribution in [0.4, 0.5) is 9.18 Å².